The van der Waals surface area contributed by atoms with Crippen molar-refractivity contribution in [2.24, 2.45) is 0 Å². The third-order valence-electron chi connectivity index (χ3n) is 4.18. The van der Waals surface area contributed by atoms with Crippen LogP contribution in [0.25, 0.3) is 33.3 Å². The number of furan rings is 1. The second-order valence-electron chi connectivity index (χ2n) is 5.86. The van der Waals surface area contributed by atoms with Crippen molar-refractivity contribution in [3.05, 3.63) is 46.3 Å². The minimum atomic E-state index is -0.687. The van der Waals surface area contributed by atoms with E-state index in [0.717, 1.165) is 0 Å². The highest BCUT2D eigenvalue weighted by Crippen LogP contribution is 2.39. The number of aryl methyl sites for hydroxylation is 1. The average Bonchev–Trinajstić information content (AvgIpc) is 3.00. The van der Waals surface area contributed by atoms with Crippen LogP contribution in [0, 0.1) is 6.92 Å². The van der Waals surface area contributed by atoms with Gasteiger partial charge in [0.05, 0.1) is 12.5 Å². The molecule has 0 spiro atoms. The quantitative estimate of drug-likeness (QED) is 0.503. The predicted molar refractivity (Wildman–Crippen MR) is 94.0 cm³/mol. The Kier molecular flexibility index (Phi) is 3.33. The summed E-state index contributed by atoms with van der Waals surface area (Å²) in [6.45, 7) is 1.68. The first-order valence-corrected chi connectivity index (χ1v) is 7.70. The molecule has 0 saturated carbocycles. The summed E-state index contributed by atoms with van der Waals surface area (Å²) in [4.78, 5) is 12.7. The highest BCUT2D eigenvalue weighted by molar-refractivity contribution is 6.06. The minimum Gasteiger partial charge on any atom is -0.507 e. The minimum absolute atomic E-state index is 0.0397. The van der Waals surface area contributed by atoms with Gasteiger partial charge in [0.15, 0.2) is 22.8 Å². The molecule has 0 unspecified atom stereocenters. The highest BCUT2D eigenvalue weighted by Gasteiger charge is 2.21. The second-order valence-corrected chi connectivity index (χ2v) is 5.86. The van der Waals surface area contributed by atoms with Gasteiger partial charge in [-0.1, -0.05) is 0 Å². The molecule has 0 aliphatic carbocycles. The van der Waals surface area contributed by atoms with Gasteiger partial charge in [-0.05, 0) is 31.2 Å². The number of methoxy groups -OCH3 is 1. The van der Waals surface area contributed by atoms with Crippen LogP contribution in [0.4, 0.5) is 0 Å². The molecule has 0 aliphatic heterocycles. The zero-order valence-corrected chi connectivity index (χ0v) is 13.9. The summed E-state index contributed by atoms with van der Waals surface area (Å²) < 4.78 is 16.2. The van der Waals surface area contributed by atoms with Gasteiger partial charge in [-0.25, -0.2) is 0 Å². The average molecular weight is 354 g/mol. The fourth-order valence-corrected chi connectivity index (χ4v) is 2.97. The molecule has 132 valence electrons. The van der Waals surface area contributed by atoms with Crippen LogP contribution in [0.2, 0.25) is 0 Å². The molecule has 0 bridgehead atoms. The molecule has 0 radical (unpaired) electrons. The summed E-state index contributed by atoms with van der Waals surface area (Å²) in [5.74, 6) is -0.246. The number of hydrogen-bond donors (Lipinski definition) is 3. The zero-order chi connectivity index (χ0) is 18.6. The molecule has 7 nitrogen and oxygen atoms in total. The molecule has 2 aromatic carbocycles. The lowest BCUT2D eigenvalue weighted by Gasteiger charge is -2.09. The molecule has 26 heavy (non-hydrogen) atoms. The maximum atomic E-state index is 12.7. The molecule has 0 saturated heterocycles. The second kappa shape index (κ2) is 5.45. The molecule has 7 heteroatoms. The number of rotatable bonds is 2. The molecule has 3 N–H and O–H groups in total. The summed E-state index contributed by atoms with van der Waals surface area (Å²) in [5, 5.41) is 30.7. The number of ether oxygens (including phenoxy) is 1. The van der Waals surface area contributed by atoms with E-state index in [1.54, 1.807) is 13.0 Å². The standard InChI is InChI=1S/C19H14O7/c1-8-5-10-12(21)7-14-15(19(10)25-8)16(22)17(23)18(26-14)9-3-4-11(20)13(6-9)24-2/h3-7,20-21,23H,1-2H3. The van der Waals surface area contributed by atoms with Crippen LogP contribution >= 0.6 is 0 Å². The van der Waals surface area contributed by atoms with Gasteiger partial charge in [-0.2, -0.15) is 0 Å². The van der Waals surface area contributed by atoms with Gasteiger partial charge in [0.25, 0.3) is 0 Å². The number of benzene rings is 2. The Bertz CT molecular complexity index is 1230. The Labute approximate surface area is 146 Å². The topological polar surface area (TPSA) is 113 Å². The Morgan fingerprint density at radius 1 is 1.00 bits per heavy atom. The first-order valence-electron chi connectivity index (χ1n) is 7.70. The molecular weight excluding hydrogens is 340 g/mol. The van der Waals surface area contributed by atoms with Crippen molar-refractivity contribution in [2.75, 3.05) is 7.11 Å². The lowest BCUT2D eigenvalue weighted by atomic mass is 10.1. The van der Waals surface area contributed by atoms with Gasteiger partial charge < -0.3 is 28.9 Å². The smallest absolute Gasteiger partial charge is 0.238 e. The maximum Gasteiger partial charge on any atom is 0.238 e. The molecule has 0 aliphatic rings. The van der Waals surface area contributed by atoms with Crippen LogP contribution in [0.3, 0.4) is 0 Å². The van der Waals surface area contributed by atoms with Crippen molar-refractivity contribution >= 4 is 21.9 Å². The van der Waals surface area contributed by atoms with E-state index >= 15 is 0 Å². The van der Waals surface area contributed by atoms with Gasteiger partial charge in [-0.15, -0.1) is 0 Å². The van der Waals surface area contributed by atoms with Crippen molar-refractivity contribution in [3.8, 4) is 34.3 Å². The predicted octanol–water partition coefficient (Wildman–Crippen LogP) is 3.64. The van der Waals surface area contributed by atoms with Crippen LogP contribution in [0.15, 0.2) is 44.0 Å². The van der Waals surface area contributed by atoms with E-state index in [-0.39, 0.29) is 39.6 Å². The summed E-state index contributed by atoms with van der Waals surface area (Å²) in [7, 11) is 1.38. The number of aromatic hydroxyl groups is 3. The lowest BCUT2D eigenvalue weighted by molar-refractivity contribution is 0.373. The molecule has 2 heterocycles. The van der Waals surface area contributed by atoms with E-state index < -0.39 is 11.2 Å². The van der Waals surface area contributed by atoms with E-state index in [1.165, 1.54) is 31.4 Å². The third kappa shape index (κ3) is 2.17. The van der Waals surface area contributed by atoms with Gasteiger partial charge in [0, 0.05) is 11.6 Å². The van der Waals surface area contributed by atoms with Crippen molar-refractivity contribution < 1.29 is 28.9 Å². The molecule has 2 aromatic heterocycles. The number of phenols is 2. The molecule has 4 aromatic rings. The number of hydrogen-bond acceptors (Lipinski definition) is 7. The summed E-state index contributed by atoms with van der Waals surface area (Å²) in [5.41, 5.74) is -0.149. The van der Waals surface area contributed by atoms with Crippen LogP contribution < -0.4 is 10.2 Å². The van der Waals surface area contributed by atoms with Gasteiger partial charge in [-0.3, -0.25) is 4.79 Å². The number of fused-ring (bicyclic) bond motifs is 3. The SMILES string of the molecule is COc1cc(-c2oc3cc(O)c4cc(C)oc4c3c(=O)c2O)ccc1O. The molecule has 0 amide bonds. The van der Waals surface area contributed by atoms with Crippen molar-refractivity contribution in [3.63, 3.8) is 0 Å². The lowest BCUT2D eigenvalue weighted by Crippen LogP contribution is -2.03. The van der Waals surface area contributed by atoms with Crippen LogP contribution in [0.1, 0.15) is 5.76 Å². The Hall–Kier alpha value is -3.61. The van der Waals surface area contributed by atoms with Crippen LogP contribution in [-0.2, 0) is 0 Å². The van der Waals surface area contributed by atoms with E-state index in [9.17, 15) is 20.1 Å². The van der Waals surface area contributed by atoms with Crippen molar-refractivity contribution in [2.45, 2.75) is 6.92 Å². The van der Waals surface area contributed by atoms with Crippen molar-refractivity contribution in [1.82, 2.24) is 0 Å². The van der Waals surface area contributed by atoms with Crippen LogP contribution in [-0.4, -0.2) is 22.4 Å². The van der Waals surface area contributed by atoms with E-state index in [1.807, 2.05) is 0 Å². The first-order chi connectivity index (χ1) is 12.4. The van der Waals surface area contributed by atoms with Gasteiger partial charge in [0.2, 0.25) is 11.2 Å². The maximum absolute atomic E-state index is 12.7. The van der Waals surface area contributed by atoms with E-state index in [2.05, 4.69) is 0 Å². The molecule has 4 rings (SSSR count). The number of phenolic OH excluding ortho intramolecular Hbond substituents is 2. The Morgan fingerprint density at radius 2 is 1.77 bits per heavy atom. The van der Waals surface area contributed by atoms with Crippen molar-refractivity contribution in [1.29, 1.82) is 0 Å². The summed E-state index contributed by atoms with van der Waals surface area (Å²) in [6, 6.07) is 7.15. The zero-order valence-electron chi connectivity index (χ0n) is 13.9. The largest absolute Gasteiger partial charge is 0.507 e. The highest BCUT2D eigenvalue weighted by atomic mass is 16.5. The monoisotopic (exact) mass is 354 g/mol. The fraction of sp³-hybridized carbons (Fsp3) is 0.105. The summed E-state index contributed by atoms with van der Waals surface area (Å²) >= 11 is 0. The molecule has 0 atom stereocenters. The Balaban J connectivity index is 2.09. The van der Waals surface area contributed by atoms with Gasteiger partial charge >= 0.3 is 0 Å². The summed E-state index contributed by atoms with van der Waals surface area (Å²) in [6.07, 6.45) is 0. The third-order valence-corrected chi connectivity index (χ3v) is 4.18. The Morgan fingerprint density at radius 3 is 2.50 bits per heavy atom. The van der Waals surface area contributed by atoms with E-state index in [0.29, 0.717) is 16.7 Å². The van der Waals surface area contributed by atoms with E-state index in [4.69, 9.17) is 13.6 Å². The fourth-order valence-electron chi connectivity index (χ4n) is 2.97. The van der Waals surface area contributed by atoms with Gasteiger partial charge in [0.1, 0.15) is 22.5 Å². The normalized spacial score (nSPS) is 11.3. The molecular formula is C19H14O7. The van der Waals surface area contributed by atoms with Crippen LogP contribution in [0.5, 0.6) is 23.0 Å². The molecule has 0 fully saturated rings. The first kappa shape index (κ1) is 15.9.